The van der Waals surface area contributed by atoms with Crippen LogP contribution < -0.4 is 0 Å². The summed E-state index contributed by atoms with van der Waals surface area (Å²) in [7, 11) is 0. The van der Waals surface area contributed by atoms with Crippen molar-refractivity contribution in [2.24, 2.45) is 0 Å². The molecule has 0 atom stereocenters. The van der Waals surface area contributed by atoms with E-state index in [-0.39, 0.29) is 5.69 Å². The van der Waals surface area contributed by atoms with E-state index < -0.39 is 29.4 Å². The van der Waals surface area contributed by atoms with E-state index in [1.54, 1.807) is 0 Å². The molecular formula is C11H6F4N2O2. The lowest BCUT2D eigenvalue weighted by Crippen LogP contribution is -2.09. The smallest absolute Gasteiger partial charge is 0.435 e. The molecule has 2 aromatic rings. The van der Waals surface area contributed by atoms with Gasteiger partial charge in [0, 0.05) is 6.07 Å². The monoisotopic (exact) mass is 274 g/mol. The van der Waals surface area contributed by atoms with Crippen molar-refractivity contribution < 1.29 is 27.5 Å². The van der Waals surface area contributed by atoms with Gasteiger partial charge in [-0.1, -0.05) is 0 Å². The van der Waals surface area contributed by atoms with Gasteiger partial charge in [0.05, 0.1) is 5.69 Å². The molecule has 0 aliphatic heterocycles. The molecule has 1 aromatic carbocycles. The maximum absolute atomic E-state index is 12.7. The van der Waals surface area contributed by atoms with Crippen LogP contribution in [-0.4, -0.2) is 20.9 Å². The zero-order chi connectivity index (χ0) is 14.2. The average molecular weight is 274 g/mol. The highest BCUT2D eigenvalue weighted by atomic mass is 19.4. The van der Waals surface area contributed by atoms with Crippen molar-refractivity contribution in [3.63, 3.8) is 0 Å². The van der Waals surface area contributed by atoms with Crippen molar-refractivity contribution in [2.45, 2.75) is 6.18 Å². The van der Waals surface area contributed by atoms with Crippen LogP contribution in [0.4, 0.5) is 17.6 Å². The van der Waals surface area contributed by atoms with Gasteiger partial charge >= 0.3 is 12.1 Å². The fraction of sp³-hybridized carbons (Fsp3) is 0.0909. The van der Waals surface area contributed by atoms with Crippen molar-refractivity contribution in [3.8, 4) is 5.69 Å². The minimum Gasteiger partial charge on any atom is -0.477 e. The molecule has 0 aliphatic carbocycles. The van der Waals surface area contributed by atoms with Gasteiger partial charge in [0.2, 0.25) is 0 Å². The Balaban J connectivity index is 2.58. The van der Waals surface area contributed by atoms with E-state index in [0.29, 0.717) is 10.7 Å². The number of aromatic carboxylic acids is 1. The van der Waals surface area contributed by atoms with Gasteiger partial charge in [0.25, 0.3) is 0 Å². The summed E-state index contributed by atoms with van der Waals surface area (Å²) in [5.74, 6) is -2.16. The number of nitrogens with zero attached hydrogens (tertiary/aromatic N) is 2. The first-order valence-corrected chi connectivity index (χ1v) is 4.95. The summed E-state index contributed by atoms with van der Waals surface area (Å²) in [6.45, 7) is 0. The Morgan fingerprint density at radius 2 is 1.79 bits per heavy atom. The van der Waals surface area contributed by atoms with Gasteiger partial charge in [-0.2, -0.15) is 18.3 Å². The third-order valence-corrected chi connectivity index (χ3v) is 2.29. The fourth-order valence-corrected chi connectivity index (χ4v) is 1.45. The third kappa shape index (κ3) is 2.56. The van der Waals surface area contributed by atoms with Crippen LogP contribution in [0.5, 0.6) is 0 Å². The Kier molecular flexibility index (Phi) is 3.01. The molecule has 0 fully saturated rings. The largest absolute Gasteiger partial charge is 0.477 e. The molecule has 0 saturated heterocycles. The first-order chi connectivity index (χ1) is 8.79. The van der Waals surface area contributed by atoms with Gasteiger partial charge in [-0.05, 0) is 24.3 Å². The van der Waals surface area contributed by atoms with Gasteiger partial charge in [-0.3, -0.25) is 0 Å². The minimum atomic E-state index is -4.75. The van der Waals surface area contributed by atoms with Crippen LogP contribution in [0.3, 0.4) is 0 Å². The van der Waals surface area contributed by atoms with E-state index in [4.69, 9.17) is 5.11 Å². The van der Waals surface area contributed by atoms with Gasteiger partial charge in [-0.25, -0.2) is 13.9 Å². The number of hydrogen-bond donors (Lipinski definition) is 1. The zero-order valence-corrected chi connectivity index (χ0v) is 9.15. The summed E-state index contributed by atoms with van der Waals surface area (Å²) in [6, 6.07) is 4.68. The highest BCUT2D eigenvalue weighted by molar-refractivity contribution is 5.86. The van der Waals surface area contributed by atoms with Crippen LogP contribution in [-0.2, 0) is 6.18 Å². The molecule has 8 heteroatoms. The number of carboxylic acids is 1. The van der Waals surface area contributed by atoms with E-state index in [1.807, 2.05) is 0 Å². The molecule has 0 bridgehead atoms. The molecule has 19 heavy (non-hydrogen) atoms. The molecule has 100 valence electrons. The van der Waals surface area contributed by atoms with E-state index in [0.717, 1.165) is 24.3 Å². The molecule has 4 nitrogen and oxygen atoms in total. The number of carboxylic acid groups (broad SMARTS) is 1. The Morgan fingerprint density at radius 3 is 2.26 bits per heavy atom. The maximum Gasteiger partial charge on any atom is 0.435 e. The number of alkyl halides is 3. The second kappa shape index (κ2) is 4.38. The second-order valence-electron chi connectivity index (χ2n) is 3.61. The van der Waals surface area contributed by atoms with Crippen molar-refractivity contribution >= 4 is 5.97 Å². The Labute approximate surface area is 103 Å². The van der Waals surface area contributed by atoms with Crippen LogP contribution in [0.1, 0.15) is 16.2 Å². The SMILES string of the molecule is O=C(O)c1cc(C(F)(F)F)nn1-c1ccc(F)cc1. The predicted octanol–water partition coefficient (Wildman–Crippen LogP) is 2.73. The lowest BCUT2D eigenvalue weighted by Gasteiger charge is -2.04. The molecule has 0 aliphatic rings. The molecule has 1 aromatic heterocycles. The van der Waals surface area contributed by atoms with Crippen LogP contribution in [0.15, 0.2) is 30.3 Å². The first-order valence-electron chi connectivity index (χ1n) is 4.95. The Bertz CT molecular complexity index is 617. The minimum absolute atomic E-state index is 0.0225. The van der Waals surface area contributed by atoms with Gasteiger partial charge in [0.15, 0.2) is 11.4 Å². The first kappa shape index (κ1) is 13.1. The van der Waals surface area contributed by atoms with E-state index in [1.165, 1.54) is 0 Å². The molecule has 0 amide bonds. The normalized spacial score (nSPS) is 11.6. The highest BCUT2D eigenvalue weighted by Crippen LogP contribution is 2.29. The molecule has 0 unspecified atom stereocenters. The van der Waals surface area contributed by atoms with Crippen molar-refractivity contribution in [1.82, 2.24) is 9.78 Å². The summed E-state index contributed by atoms with van der Waals surface area (Å²) >= 11 is 0. The molecule has 0 radical (unpaired) electrons. The van der Waals surface area contributed by atoms with Gasteiger partial charge < -0.3 is 5.11 Å². The van der Waals surface area contributed by atoms with E-state index in [9.17, 15) is 22.4 Å². The quantitative estimate of drug-likeness (QED) is 0.857. The lowest BCUT2D eigenvalue weighted by atomic mass is 10.3. The third-order valence-electron chi connectivity index (χ3n) is 2.29. The van der Waals surface area contributed by atoms with Gasteiger partial charge in [0.1, 0.15) is 5.82 Å². The van der Waals surface area contributed by atoms with E-state index in [2.05, 4.69) is 5.10 Å². The molecule has 0 spiro atoms. The van der Waals surface area contributed by atoms with Gasteiger partial charge in [-0.15, -0.1) is 0 Å². The van der Waals surface area contributed by atoms with Crippen LogP contribution in [0.25, 0.3) is 5.69 Å². The highest BCUT2D eigenvalue weighted by Gasteiger charge is 2.36. The summed E-state index contributed by atoms with van der Waals surface area (Å²) in [6.07, 6.45) is -4.75. The molecule has 0 saturated carbocycles. The van der Waals surface area contributed by atoms with Crippen molar-refractivity contribution in [1.29, 1.82) is 0 Å². The summed E-state index contributed by atoms with van der Waals surface area (Å²) in [5, 5.41) is 12.0. The number of rotatable bonds is 2. The topological polar surface area (TPSA) is 55.1 Å². The summed E-state index contributed by atoms with van der Waals surface area (Å²) < 4.78 is 50.8. The molecule has 1 N–H and O–H groups in total. The van der Waals surface area contributed by atoms with Crippen LogP contribution >= 0.6 is 0 Å². The Hall–Kier alpha value is -2.38. The molecule has 1 heterocycles. The molecular weight excluding hydrogens is 268 g/mol. The van der Waals surface area contributed by atoms with E-state index >= 15 is 0 Å². The lowest BCUT2D eigenvalue weighted by molar-refractivity contribution is -0.141. The number of aromatic nitrogens is 2. The standard InChI is InChI=1S/C11H6F4N2O2/c12-6-1-3-7(4-2-6)17-8(10(18)19)5-9(16-17)11(13,14)15/h1-5H,(H,18,19). The van der Waals surface area contributed by atoms with Crippen LogP contribution in [0.2, 0.25) is 0 Å². The Morgan fingerprint density at radius 1 is 1.21 bits per heavy atom. The summed E-state index contributed by atoms with van der Waals surface area (Å²) in [4.78, 5) is 10.9. The number of halogens is 4. The number of benzene rings is 1. The number of carbonyl (C=O) groups is 1. The average Bonchev–Trinajstić information content (AvgIpc) is 2.74. The fourth-order valence-electron chi connectivity index (χ4n) is 1.45. The van der Waals surface area contributed by atoms with Crippen molar-refractivity contribution in [2.75, 3.05) is 0 Å². The zero-order valence-electron chi connectivity index (χ0n) is 9.15. The molecule has 2 rings (SSSR count). The maximum atomic E-state index is 12.7. The van der Waals surface area contributed by atoms with Crippen LogP contribution in [0, 0.1) is 5.82 Å². The predicted molar refractivity (Wildman–Crippen MR) is 55.5 cm³/mol. The number of hydrogen-bond acceptors (Lipinski definition) is 2. The summed E-state index contributed by atoms with van der Waals surface area (Å²) in [5.41, 5.74) is -1.96. The van der Waals surface area contributed by atoms with Crippen molar-refractivity contribution in [3.05, 3.63) is 47.5 Å². The second-order valence-corrected chi connectivity index (χ2v) is 3.61.